The lowest BCUT2D eigenvalue weighted by molar-refractivity contribution is 0.120. The van der Waals surface area contributed by atoms with E-state index < -0.39 is 0 Å². The van der Waals surface area contributed by atoms with E-state index in [1.54, 1.807) is 11.3 Å². The Morgan fingerprint density at radius 2 is 2.04 bits per heavy atom. The number of anilines is 1. The molecule has 0 spiro atoms. The Labute approximate surface area is 139 Å². The fourth-order valence-corrected chi connectivity index (χ4v) is 3.55. The number of fused-ring (bicyclic) bond motifs is 1. The van der Waals surface area contributed by atoms with E-state index in [9.17, 15) is 0 Å². The van der Waals surface area contributed by atoms with E-state index in [4.69, 9.17) is 14.2 Å². The van der Waals surface area contributed by atoms with Gasteiger partial charge in [0.1, 0.15) is 0 Å². The topological polar surface area (TPSA) is 52.6 Å². The maximum atomic E-state index is 5.75. The summed E-state index contributed by atoms with van der Waals surface area (Å²) in [4.78, 5) is 4.67. The molecule has 2 aliphatic rings. The molecule has 0 amide bonds. The van der Waals surface area contributed by atoms with Crippen molar-refractivity contribution in [2.45, 2.75) is 25.4 Å². The van der Waals surface area contributed by atoms with Crippen LogP contribution in [0.5, 0.6) is 11.5 Å². The minimum atomic E-state index is 0.320. The highest BCUT2D eigenvalue weighted by molar-refractivity contribution is 7.14. The zero-order valence-corrected chi connectivity index (χ0v) is 13.7. The molecule has 2 aromatic rings. The highest BCUT2D eigenvalue weighted by Crippen LogP contribution is 2.35. The fourth-order valence-electron chi connectivity index (χ4n) is 2.82. The molecule has 6 heteroatoms. The summed E-state index contributed by atoms with van der Waals surface area (Å²) in [5.74, 6) is 1.63. The zero-order chi connectivity index (χ0) is 15.5. The molecule has 0 unspecified atom stereocenters. The predicted molar refractivity (Wildman–Crippen MR) is 90.6 cm³/mol. The van der Waals surface area contributed by atoms with Crippen LogP contribution in [-0.2, 0) is 4.74 Å². The van der Waals surface area contributed by atoms with Gasteiger partial charge in [-0.25, -0.2) is 4.98 Å². The first-order valence-electron chi connectivity index (χ1n) is 8.09. The Morgan fingerprint density at radius 3 is 2.91 bits per heavy atom. The first-order valence-corrected chi connectivity index (χ1v) is 8.97. The van der Waals surface area contributed by atoms with Crippen LogP contribution in [0.25, 0.3) is 11.3 Å². The second kappa shape index (κ2) is 6.76. The number of rotatable bonds is 4. The normalized spacial score (nSPS) is 20.3. The zero-order valence-electron chi connectivity index (χ0n) is 12.9. The van der Waals surface area contributed by atoms with E-state index in [0.717, 1.165) is 60.3 Å². The molecule has 23 heavy (non-hydrogen) atoms. The van der Waals surface area contributed by atoms with Crippen LogP contribution in [0.15, 0.2) is 23.6 Å². The Hall–Kier alpha value is -1.79. The molecule has 0 saturated carbocycles. The van der Waals surface area contributed by atoms with Gasteiger partial charge < -0.3 is 19.5 Å². The Bertz CT molecular complexity index is 668. The fraction of sp³-hybridized carbons (Fsp3) is 0.471. The van der Waals surface area contributed by atoms with Crippen molar-refractivity contribution in [1.29, 1.82) is 0 Å². The summed E-state index contributed by atoms with van der Waals surface area (Å²) in [7, 11) is 0. The third-order valence-electron chi connectivity index (χ3n) is 4.05. The van der Waals surface area contributed by atoms with E-state index in [1.165, 1.54) is 0 Å². The van der Waals surface area contributed by atoms with Crippen molar-refractivity contribution in [1.82, 2.24) is 4.98 Å². The van der Waals surface area contributed by atoms with Crippen LogP contribution in [0.1, 0.15) is 19.3 Å². The quantitative estimate of drug-likeness (QED) is 0.928. The van der Waals surface area contributed by atoms with Crippen LogP contribution in [0.4, 0.5) is 5.13 Å². The summed E-state index contributed by atoms with van der Waals surface area (Å²) >= 11 is 1.62. The summed E-state index contributed by atoms with van der Waals surface area (Å²) in [6, 6.07) is 6.01. The van der Waals surface area contributed by atoms with E-state index in [0.29, 0.717) is 19.3 Å². The summed E-state index contributed by atoms with van der Waals surface area (Å²) in [6.45, 7) is 3.11. The lowest BCUT2D eigenvalue weighted by Gasteiger charge is -2.09. The number of nitrogens with zero attached hydrogens (tertiary/aromatic N) is 1. The van der Waals surface area contributed by atoms with Gasteiger partial charge in [0, 0.05) is 30.5 Å². The van der Waals surface area contributed by atoms with E-state index >= 15 is 0 Å². The third-order valence-corrected chi connectivity index (χ3v) is 4.85. The summed E-state index contributed by atoms with van der Waals surface area (Å²) in [5.41, 5.74) is 2.01. The van der Waals surface area contributed by atoms with E-state index in [-0.39, 0.29) is 0 Å². The summed E-state index contributed by atoms with van der Waals surface area (Å²) < 4.78 is 17.0. The first-order chi connectivity index (χ1) is 11.4. The van der Waals surface area contributed by atoms with Crippen molar-refractivity contribution >= 4 is 16.5 Å². The standard InChI is InChI=1S/C17H20N2O3S/c1-3-13(20-6-1)10-18-17-19-14(11-23-17)12-4-5-15-16(9-12)22-8-2-7-21-15/h4-5,9,11,13H,1-3,6-8,10H2,(H,18,19)/t13-/m0/s1. The third kappa shape index (κ3) is 3.43. The van der Waals surface area contributed by atoms with Gasteiger partial charge in [0.15, 0.2) is 16.6 Å². The lowest BCUT2D eigenvalue weighted by atomic mass is 10.1. The second-order valence-corrected chi connectivity index (χ2v) is 6.62. The Morgan fingerprint density at radius 1 is 1.13 bits per heavy atom. The van der Waals surface area contributed by atoms with Crippen LogP contribution >= 0.6 is 11.3 Å². The highest BCUT2D eigenvalue weighted by atomic mass is 32.1. The summed E-state index contributed by atoms with van der Waals surface area (Å²) in [5, 5.41) is 6.38. The first kappa shape index (κ1) is 14.8. The number of nitrogens with one attached hydrogen (secondary N) is 1. The van der Waals surface area contributed by atoms with E-state index in [1.807, 2.05) is 18.2 Å². The molecule has 1 aromatic heterocycles. The lowest BCUT2D eigenvalue weighted by Crippen LogP contribution is -2.18. The van der Waals surface area contributed by atoms with Gasteiger partial charge in [-0.15, -0.1) is 11.3 Å². The van der Waals surface area contributed by atoms with Crippen LogP contribution in [-0.4, -0.2) is 37.5 Å². The Balaban J connectivity index is 1.46. The predicted octanol–water partition coefficient (Wildman–Crippen LogP) is 3.56. The van der Waals surface area contributed by atoms with Gasteiger partial charge in [-0.05, 0) is 31.0 Å². The van der Waals surface area contributed by atoms with Crippen LogP contribution in [0, 0.1) is 0 Å². The van der Waals surface area contributed by atoms with Gasteiger partial charge in [0.05, 0.1) is 25.0 Å². The van der Waals surface area contributed by atoms with Gasteiger partial charge in [-0.2, -0.15) is 0 Å². The van der Waals surface area contributed by atoms with E-state index in [2.05, 4.69) is 15.7 Å². The number of aromatic nitrogens is 1. The monoisotopic (exact) mass is 332 g/mol. The number of ether oxygens (including phenoxy) is 3. The van der Waals surface area contributed by atoms with Crippen molar-refractivity contribution in [3.8, 4) is 22.8 Å². The van der Waals surface area contributed by atoms with Gasteiger partial charge in [-0.3, -0.25) is 0 Å². The molecule has 0 bridgehead atoms. The average Bonchev–Trinajstić information content (AvgIpc) is 3.20. The van der Waals surface area contributed by atoms with Crippen molar-refractivity contribution in [3.63, 3.8) is 0 Å². The van der Waals surface area contributed by atoms with Crippen molar-refractivity contribution in [2.24, 2.45) is 0 Å². The highest BCUT2D eigenvalue weighted by Gasteiger charge is 2.16. The maximum absolute atomic E-state index is 5.75. The smallest absolute Gasteiger partial charge is 0.183 e. The van der Waals surface area contributed by atoms with Crippen molar-refractivity contribution in [3.05, 3.63) is 23.6 Å². The molecule has 1 atom stereocenters. The molecular weight excluding hydrogens is 312 g/mol. The Kier molecular flexibility index (Phi) is 4.35. The molecule has 1 fully saturated rings. The molecule has 0 aliphatic carbocycles. The van der Waals surface area contributed by atoms with Gasteiger partial charge >= 0.3 is 0 Å². The molecule has 2 aliphatic heterocycles. The molecule has 5 nitrogen and oxygen atoms in total. The molecule has 1 aromatic carbocycles. The van der Waals surface area contributed by atoms with Gasteiger partial charge in [0.25, 0.3) is 0 Å². The second-order valence-electron chi connectivity index (χ2n) is 5.77. The van der Waals surface area contributed by atoms with Crippen molar-refractivity contribution < 1.29 is 14.2 Å². The number of hydrogen-bond donors (Lipinski definition) is 1. The van der Waals surface area contributed by atoms with Crippen LogP contribution < -0.4 is 14.8 Å². The van der Waals surface area contributed by atoms with Crippen LogP contribution in [0.2, 0.25) is 0 Å². The SMILES string of the molecule is c1cc2c(cc1-c1csc(NC[C@@H]3CCCO3)n1)OCCCO2. The molecular formula is C17H20N2O3S. The molecule has 0 radical (unpaired) electrons. The van der Waals surface area contributed by atoms with Crippen molar-refractivity contribution in [2.75, 3.05) is 31.7 Å². The van der Waals surface area contributed by atoms with Crippen LogP contribution in [0.3, 0.4) is 0 Å². The number of benzene rings is 1. The maximum Gasteiger partial charge on any atom is 0.183 e. The minimum Gasteiger partial charge on any atom is -0.490 e. The minimum absolute atomic E-state index is 0.320. The molecule has 3 heterocycles. The number of thiazole rings is 1. The largest absolute Gasteiger partial charge is 0.490 e. The molecule has 1 N–H and O–H groups in total. The molecule has 4 rings (SSSR count). The van der Waals surface area contributed by atoms with Gasteiger partial charge in [-0.1, -0.05) is 0 Å². The molecule has 122 valence electrons. The summed E-state index contributed by atoms with van der Waals surface area (Å²) in [6.07, 6.45) is 3.53. The number of hydrogen-bond acceptors (Lipinski definition) is 6. The average molecular weight is 332 g/mol. The van der Waals surface area contributed by atoms with Gasteiger partial charge in [0.2, 0.25) is 0 Å². The molecule has 1 saturated heterocycles.